The van der Waals surface area contributed by atoms with Gasteiger partial charge in [-0.2, -0.15) is 4.68 Å². The number of nitrogen functional groups attached to an aromatic ring is 1. The number of carbonyl (C=O) groups is 1. The Morgan fingerprint density at radius 3 is 2.84 bits per heavy atom. The number of hydrogen-bond acceptors (Lipinski definition) is 6. The monoisotopic (exact) mass is 262 g/mol. The van der Waals surface area contributed by atoms with Crippen molar-refractivity contribution in [2.24, 2.45) is 0 Å². The van der Waals surface area contributed by atoms with Gasteiger partial charge in [-0.1, -0.05) is 17.3 Å². The predicted octanol–water partition coefficient (Wildman–Crippen LogP) is 1.03. The van der Waals surface area contributed by atoms with Gasteiger partial charge in [-0.3, -0.25) is 0 Å². The van der Waals surface area contributed by atoms with Crippen molar-refractivity contribution in [2.45, 2.75) is 6.92 Å². The Labute approximate surface area is 109 Å². The standard InChI is InChI=1S/C12H14N4O3/c1-3-19-9-7-5-4-6-8(9)16-11(13)10(14-15-16)12(17)18-2/h4-7H,3,13H2,1-2H3. The highest BCUT2D eigenvalue weighted by Crippen LogP contribution is 2.25. The van der Waals surface area contributed by atoms with Gasteiger partial charge in [0.15, 0.2) is 5.82 Å². The van der Waals surface area contributed by atoms with Crippen molar-refractivity contribution < 1.29 is 14.3 Å². The van der Waals surface area contributed by atoms with Crippen LogP contribution in [-0.4, -0.2) is 34.7 Å². The number of benzene rings is 1. The molecule has 0 aliphatic heterocycles. The summed E-state index contributed by atoms with van der Waals surface area (Å²) in [4.78, 5) is 11.4. The molecule has 1 heterocycles. The first-order valence-corrected chi connectivity index (χ1v) is 5.70. The zero-order chi connectivity index (χ0) is 13.8. The van der Waals surface area contributed by atoms with Crippen molar-refractivity contribution >= 4 is 11.8 Å². The molecule has 0 aliphatic rings. The second kappa shape index (κ2) is 5.38. The number of methoxy groups -OCH3 is 1. The molecule has 1 aromatic carbocycles. The summed E-state index contributed by atoms with van der Waals surface area (Å²) in [5, 5.41) is 7.58. The van der Waals surface area contributed by atoms with Crippen molar-refractivity contribution in [3.05, 3.63) is 30.0 Å². The van der Waals surface area contributed by atoms with E-state index in [-0.39, 0.29) is 11.5 Å². The van der Waals surface area contributed by atoms with Gasteiger partial charge in [0.1, 0.15) is 11.4 Å². The van der Waals surface area contributed by atoms with Crippen LogP contribution in [0.4, 0.5) is 5.82 Å². The van der Waals surface area contributed by atoms with Crippen LogP contribution in [0.1, 0.15) is 17.4 Å². The molecule has 0 atom stereocenters. The van der Waals surface area contributed by atoms with E-state index in [4.69, 9.17) is 10.5 Å². The van der Waals surface area contributed by atoms with Gasteiger partial charge < -0.3 is 15.2 Å². The van der Waals surface area contributed by atoms with Crippen molar-refractivity contribution in [3.63, 3.8) is 0 Å². The van der Waals surface area contributed by atoms with Gasteiger partial charge in [-0.05, 0) is 19.1 Å². The fourth-order valence-corrected chi connectivity index (χ4v) is 1.62. The highest BCUT2D eigenvalue weighted by molar-refractivity contribution is 5.92. The Bertz CT molecular complexity index is 594. The third-order valence-electron chi connectivity index (χ3n) is 2.48. The summed E-state index contributed by atoms with van der Waals surface area (Å²) >= 11 is 0. The molecule has 0 spiro atoms. The lowest BCUT2D eigenvalue weighted by Crippen LogP contribution is -2.08. The van der Waals surface area contributed by atoms with Crippen LogP contribution in [-0.2, 0) is 4.74 Å². The fourth-order valence-electron chi connectivity index (χ4n) is 1.62. The van der Waals surface area contributed by atoms with Gasteiger partial charge in [0.25, 0.3) is 0 Å². The lowest BCUT2D eigenvalue weighted by Gasteiger charge is -2.10. The Kier molecular flexibility index (Phi) is 3.65. The van der Waals surface area contributed by atoms with E-state index in [0.29, 0.717) is 18.0 Å². The van der Waals surface area contributed by atoms with E-state index in [1.807, 2.05) is 19.1 Å². The molecule has 2 aromatic rings. The number of carbonyl (C=O) groups excluding carboxylic acids is 1. The smallest absolute Gasteiger partial charge is 0.362 e. The fraction of sp³-hybridized carbons (Fsp3) is 0.250. The number of ether oxygens (including phenoxy) is 2. The third-order valence-corrected chi connectivity index (χ3v) is 2.48. The molecule has 0 radical (unpaired) electrons. The summed E-state index contributed by atoms with van der Waals surface area (Å²) < 4.78 is 11.4. The number of nitrogens with two attached hydrogens (primary N) is 1. The molecule has 100 valence electrons. The molecule has 0 amide bonds. The first kappa shape index (κ1) is 12.9. The minimum Gasteiger partial charge on any atom is -0.492 e. The minimum atomic E-state index is -0.627. The van der Waals surface area contributed by atoms with Gasteiger partial charge in [0.2, 0.25) is 5.69 Å². The number of aromatic nitrogens is 3. The van der Waals surface area contributed by atoms with E-state index in [1.54, 1.807) is 12.1 Å². The second-order valence-electron chi connectivity index (χ2n) is 3.63. The van der Waals surface area contributed by atoms with Crippen LogP contribution in [0.15, 0.2) is 24.3 Å². The summed E-state index contributed by atoms with van der Waals surface area (Å²) in [5.74, 6) is 0.0923. The molecule has 0 bridgehead atoms. The predicted molar refractivity (Wildman–Crippen MR) is 68.3 cm³/mol. The maximum atomic E-state index is 11.4. The SMILES string of the molecule is CCOc1ccccc1-n1nnc(C(=O)OC)c1N. The molecule has 19 heavy (non-hydrogen) atoms. The molecule has 7 heteroatoms. The van der Waals surface area contributed by atoms with Gasteiger partial charge >= 0.3 is 5.97 Å². The Hall–Kier alpha value is -2.57. The number of rotatable bonds is 4. The van der Waals surface area contributed by atoms with E-state index in [0.717, 1.165) is 0 Å². The molecule has 2 N–H and O–H groups in total. The Morgan fingerprint density at radius 2 is 2.16 bits per heavy atom. The average Bonchev–Trinajstić information content (AvgIpc) is 2.81. The maximum absolute atomic E-state index is 11.4. The van der Waals surface area contributed by atoms with Crippen molar-refractivity contribution in [1.82, 2.24) is 15.0 Å². The van der Waals surface area contributed by atoms with E-state index in [2.05, 4.69) is 15.0 Å². The van der Waals surface area contributed by atoms with Crippen LogP contribution < -0.4 is 10.5 Å². The molecule has 0 saturated heterocycles. The van der Waals surface area contributed by atoms with Crippen LogP contribution in [0.2, 0.25) is 0 Å². The van der Waals surface area contributed by atoms with Gasteiger partial charge in [0.05, 0.1) is 13.7 Å². The van der Waals surface area contributed by atoms with Gasteiger partial charge in [-0.25, -0.2) is 4.79 Å². The normalized spacial score (nSPS) is 10.2. The summed E-state index contributed by atoms with van der Waals surface area (Å²) in [6.07, 6.45) is 0. The van der Waals surface area contributed by atoms with E-state index < -0.39 is 5.97 Å². The van der Waals surface area contributed by atoms with Crippen LogP contribution in [0.5, 0.6) is 5.75 Å². The zero-order valence-electron chi connectivity index (χ0n) is 10.7. The molecule has 7 nitrogen and oxygen atoms in total. The van der Waals surface area contributed by atoms with Gasteiger partial charge in [0, 0.05) is 0 Å². The molecular formula is C12H14N4O3. The Morgan fingerprint density at radius 1 is 1.42 bits per heavy atom. The minimum absolute atomic E-state index is 0.0196. The van der Waals surface area contributed by atoms with Crippen molar-refractivity contribution in [2.75, 3.05) is 19.5 Å². The number of esters is 1. The van der Waals surface area contributed by atoms with E-state index in [1.165, 1.54) is 11.8 Å². The molecule has 0 aliphatic carbocycles. The molecule has 0 unspecified atom stereocenters. The first-order valence-electron chi connectivity index (χ1n) is 5.70. The van der Waals surface area contributed by atoms with E-state index in [9.17, 15) is 4.79 Å². The number of nitrogens with zero attached hydrogens (tertiary/aromatic N) is 3. The highest BCUT2D eigenvalue weighted by Gasteiger charge is 2.20. The van der Waals surface area contributed by atoms with Crippen LogP contribution >= 0.6 is 0 Å². The molecule has 0 fully saturated rings. The quantitative estimate of drug-likeness (QED) is 0.827. The van der Waals surface area contributed by atoms with Crippen LogP contribution in [0, 0.1) is 0 Å². The molecule has 2 rings (SSSR count). The largest absolute Gasteiger partial charge is 0.492 e. The zero-order valence-corrected chi connectivity index (χ0v) is 10.7. The van der Waals surface area contributed by atoms with Gasteiger partial charge in [-0.15, -0.1) is 5.10 Å². The van der Waals surface area contributed by atoms with Crippen molar-refractivity contribution in [1.29, 1.82) is 0 Å². The van der Waals surface area contributed by atoms with Crippen LogP contribution in [0.3, 0.4) is 0 Å². The summed E-state index contributed by atoms with van der Waals surface area (Å²) in [6, 6.07) is 7.22. The number of para-hydroxylation sites is 2. The third kappa shape index (κ3) is 2.35. The second-order valence-corrected chi connectivity index (χ2v) is 3.63. The highest BCUT2D eigenvalue weighted by atomic mass is 16.5. The van der Waals surface area contributed by atoms with Crippen molar-refractivity contribution in [3.8, 4) is 11.4 Å². The number of anilines is 1. The summed E-state index contributed by atoms with van der Waals surface area (Å²) in [7, 11) is 1.26. The summed E-state index contributed by atoms with van der Waals surface area (Å²) in [5.41, 5.74) is 6.45. The first-order chi connectivity index (χ1) is 9.19. The average molecular weight is 262 g/mol. The lowest BCUT2D eigenvalue weighted by atomic mass is 10.3. The maximum Gasteiger partial charge on any atom is 0.362 e. The van der Waals surface area contributed by atoms with E-state index >= 15 is 0 Å². The topological polar surface area (TPSA) is 92.3 Å². The van der Waals surface area contributed by atoms with Crippen LogP contribution in [0.25, 0.3) is 5.69 Å². The Balaban J connectivity index is 2.48. The molecular weight excluding hydrogens is 248 g/mol. The lowest BCUT2D eigenvalue weighted by molar-refractivity contribution is 0.0595. The summed E-state index contributed by atoms with van der Waals surface area (Å²) in [6.45, 7) is 2.39. The molecule has 0 saturated carbocycles. The molecule has 1 aromatic heterocycles. The number of hydrogen-bond donors (Lipinski definition) is 1.